The van der Waals surface area contributed by atoms with Crippen molar-refractivity contribution in [1.82, 2.24) is 19.6 Å². The Morgan fingerprint density at radius 2 is 1.78 bits per heavy atom. The van der Waals surface area contributed by atoms with E-state index in [0.717, 1.165) is 53.1 Å². The molecule has 0 aliphatic carbocycles. The molecule has 1 aromatic carbocycles. The highest BCUT2D eigenvalue weighted by molar-refractivity contribution is 7.89. The van der Waals surface area contributed by atoms with Crippen LogP contribution in [0.15, 0.2) is 59.8 Å². The summed E-state index contributed by atoms with van der Waals surface area (Å²) < 4.78 is 93.3. The van der Waals surface area contributed by atoms with Gasteiger partial charge in [0, 0.05) is 23.9 Å². The van der Waals surface area contributed by atoms with Crippen molar-refractivity contribution >= 4 is 15.9 Å². The third kappa shape index (κ3) is 5.32. The number of alkyl halides is 3. The lowest BCUT2D eigenvalue weighted by Crippen LogP contribution is -2.55. The fraction of sp³-hybridized carbons (Fsp3) is 0.292. The maximum atomic E-state index is 14.4. The maximum absolute atomic E-state index is 14.4. The number of hydrogen-bond donors (Lipinski definition) is 1. The molecular weight excluding hydrogens is 519 g/mol. The van der Waals surface area contributed by atoms with Crippen LogP contribution in [0.5, 0.6) is 0 Å². The smallest absolute Gasteiger partial charge is 0.349 e. The second-order valence-corrected chi connectivity index (χ2v) is 10.5. The van der Waals surface area contributed by atoms with Crippen molar-refractivity contribution in [2.45, 2.75) is 42.9 Å². The summed E-state index contributed by atoms with van der Waals surface area (Å²) in [5.41, 5.74) is -2.34. The molecule has 0 bridgehead atoms. The lowest BCUT2D eigenvalue weighted by molar-refractivity contribution is -0.141. The monoisotopic (exact) mass is 540 g/mol. The number of carbonyl (C=O) groups excluding carboxylic acids is 1. The van der Waals surface area contributed by atoms with Crippen molar-refractivity contribution in [2.75, 3.05) is 6.54 Å². The van der Waals surface area contributed by atoms with E-state index in [-0.39, 0.29) is 41.2 Å². The predicted molar refractivity (Wildman–Crippen MR) is 122 cm³/mol. The molecule has 0 saturated carbocycles. The molecule has 13 heteroatoms. The Labute approximate surface area is 209 Å². The molecule has 1 saturated heterocycles. The van der Waals surface area contributed by atoms with Gasteiger partial charge in [-0.05, 0) is 56.2 Å². The van der Waals surface area contributed by atoms with Crippen molar-refractivity contribution in [2.24, 2.45) is 0 Å². The molecule has 1 atom stereocenters. The van der Waals surface area contributed by atoms with Gasteiger partial charge in [0.1, 0.15) is 22.9 Å². The third-order valence-electron chi connectivity index (χ3n) is 6.17. The Kier molecular flexibility index (Phi) is 7.04. The van der Waals surface area contributed by atoms with E-state index in [0.29, 0.717) is 6.42 Å². The lowest BCUT2D eigenvalue weighted by atomic mass is 9.99. The van der Waals surface area contributed by atoms with Crippen LogP contribution in [0.2, 0.25) is 0 Å². The van der Waals surface area contributed by atoms with Gasteiger partial charge in [0.2, 0.25) is 15.9 Å². The fourth-order valence-corrected chi connectivity index (χ4v) is 5.97. The van der Waals surface area contributed by atoms with Gasteiger partial charge in [0.05, 0.1) is 23.3 Å². The van der Waals surface area contributed by atoms with Gasteiger partial charge in [-0.2, -0.15) is 17.5 Å². The van der Waals surface area contributed by atoms with Crippen molar-refractivity contribution in [3.63, 3.8) is 0 Å². The molecule has 1 unspecified atom stereocenters. The van der Waals surface area contributed by atoms with E-state index in [1.54, 1.807) is 0 Å². The van der Waals surface area contributed by atoms with E-state index >= 15 is 0 Å². The SMILES string of the molecule is CC1(C(=O)NCc2cc(-c3ccc(C(F)(F)F)nc3)c(F)cn2)CCCN1S(=O)(=O)c1ccc(F)cc1. The molecule has 3 aromatic rings. The zero-order chi connectivity index (χ0) is 27.0. The predicted octanol–water partition coefficient (Wildman–Crippen LogP) is 4.30. The second-order valence-electron chi connectivity index (χ2n) is 8.68. The number of aromatic nitrogens is 2. The molecule has 1 aliphatic rings. The van der Waals surface area contributed by atoms with Crippen LogP contribution in [-0.2, 0) is 27.5 Å². The molecule has 0 radical (unpaired) electrons. The minimum atomic E-state index is -4.64. The topological polar surface area (TPSA) is 92.3 Å². The lowest BCUT2D eigenvalue weighted by Gasteiger charge is -2.33. The van der Waals surface area contributed by atoms with Gasteiger partial charge >= 0.3 is 6.18 Å². The van der Waals surface area contributed by atoms with Crippen molar-refractivity contribution in [1.29, 1.82) is 0 Å². The maximum Gasteiger partial charge on any atom is 0.433 e. The Morgan fingerprint density at radius 3 is 2.41 bits per heavy atom. The van der Waals surface area contributed by atoms with Gasteiger partial charge < -0.3 is 5.32 Å². The zero-order valence-corrected chi connectivity index (χ0v) is 20.2. The van der Waals surface area contributed by atoms with E-state index in [2.05, 4.69) is 15.3 Å². The van der Waals surface area contributed by atoms with Gasteiger partial charge in [-0.25, -0.2) is 17.2 Å². The summed E-state index contributed by atoms with van der Waals surface area (Å²) in [4.78, 5) is 20.2. The molecule has 37 heavy (non-hydrogen) atoms. The summed E-state index contributed by atoms with van der Waals surface area (Å²) in [6.45, 7) is 1.37. The van der Waals surface area contributed by atoms with Crippen LogP contribution in [0.25, 0.3) is 11.1 Å². The second kappa shape index (κ2) is 9.78. The highest BCUT2D eigenvalue weighted by Crippen LogP contribution is 2.35. The van der Waals surface area contributed by atoms with E-state index in [1.165, 1.54) is 13.0 Å². The van der Waals surface area contributed by atoms with E-state index in [4.69, 9.17) is 0 Å². The molecule has 4 rings (SSSR count). The number of hydrogen-bond acceptors (Lipinski definition) is 5. The Hall–Kier alpha value is -3.45. The third-order valence-corrected chi connectivity index (χ3v) is 8.21. The summed E-state index contributed by atoms with van der Waals surface area (Å²) >= 11 is 0. The summed E-state index contributed by atoms with van der Waals surface area (Å²) in [5.74, 6) is -2.00. The zero-order valence-electron chi connectivity index (χ0n) is 19.4. The molecule has 2 aromatic heterocycles. The molecule has 1 amide bonds. The van der Waals surface area contributed by atoms with Crippen molar-refractivity contribution in [3.05, 3.63) is 77.9 Å². The first kappa shape index (κ1) is 26.6. The van der Waals surface area contributed by atoms with E-state index < -0.39 is 45.0 Å². The van der Waals surface area contributed by atoms with Crippen LogP contribution in [-0.4, -0.2) is 40.7 Å². The standard InChI is InChI=1S/C24H21F5N4O3S/c1-23(9-2-10-33(23)37(35,36)18-6-4-16(25)5-7-18)22(34)32-13-17-11-19(20(26)14-30-17)15-3-8-21(31-12-15)24(27,28)29/h3-8,11-12,14H,2,9-10,13H2,1H3,(H,32,34). The first-order chi connectivity index (χ1) is 17.3. The van der Waals surface area contributed by atoms with Crippen LogP contribution in [0.3, 0.4) is 0 Å². The Balaban J connectivity index is 1.52. The first-order valence-electron chi connectivity index (χ1n) is 11.1. The summed E-state index contributed by atoms with van der Waals surface area (Å²) in [7, 11) is -4.10. The van der Waals surface area contributed by atoms with Gasteiger partial charge in [0.25, 0.3) is 0 Å². The highest BCUT2D eigenvalue weighted by atomic mass is 32.2. The van der Waals surface area contributed by atoms with Gasteiger partial charge in [-0.15, -0.1) is 0 Å². The molecule has 7 nitrogen and oxygen atoms in total. The van der Waals surface area contributed by atoms with Gasteiger partial charge in [0.15, 0.2) is 0 Å². The van der Waals surface area contributed by atoms with E-state index in [9.17, 15) is 35.2 Å². The first-order valence-corrected chi connectivity index (χ1v) is 12.5. The average Bonchev–Trinajstić information content (AvgIpc) is 3.27. The van der Waals surface area contributed by atoms with Crippen LogP contribution < -0.4 is 5.32 Å². The summed E-state index contributed by atoms with van der Waals surface area (Å²) in [6.07, 6.45) is -2.22. The molecule has 196 valence electrons. The summed E-state index contributed by atoms with van der Waals surface area (Å²) in [5, 5.41) is 2.62. The number of nitrogens with zero attached hydrogens (tertiary/aromatic N) is 3. The number of rotatable bonds is 6. The Bertz CT molecular complexity index is 1410. The molecule has 1 fully saturated rings. The number of benzene rings is 1. The van der Waals surface area contributed by atoms with E-state index in [1.807, 2.05) is 0 Å². The van der Waals surface area contributed by atoms with Crippen molar-refractivity contribution < 1.29 is 35.2 Å². The fourth-order valence-electron chi connectivity index (χ4n) is 4.17. The van der Waals surface area contributed by atoms with Gasteiger partial charge in [-0.3, -0.25) is 14.8 Å². The molecule has 3 heterocycles. The molecule has 1 N–H and O–H groups in total. The van der Waals surface area contributed by atoms with Crippen LogP contribution in [0.1, 0.15) is 31.2 Å². The highest BCUT2D eigenvalue weighted by Gasteiger charge is 2.49. The van der Waals surface area contributed by atoms with Crippen LogP contribution >= 0.6 is 0 Å². The van der Waals surface area contributed by atoms with Crippen LogP contribution in [0.4, 0.5) is 22.0 Å². The number of nitrogens with one attached hydrogen (secondary N) is 1. The summed E-state index contributed by atoms with van der Waals surface area (Å²) in [6, 6.07) is 7.36. The largest absolute Gasteiger partial charge is 0.433 e. The average molecular weight is 541 g/mol. The van der Waals surface area contributed by atoms with Crippen LogP contribution in [0, 0.1) is 11.6 Å². The van der Waals surface area contributed by atoms with Crippen molar-refractivity contribution in [3.8, 4) is 11.1 Å². The molecule has 1 aliphatic heterocycles. The minimum absolute atomic E-state index is 0.0620. The minimum Gasteiger partial charge on any atom is -0.349 e. The number of pyridine rings is 2. The normalized spacial score (nSPS) is 18.6. The number of amides is 1. The number of halogens is 5. The number of sulfonamides is 1. The quantitative estimate of drug-likeness (QED) is 0.471. The molecular formula is C24H21F5N4O3S. The van der Waals surface area contributed by atoms with Gasteiger partial charge in [-0.1, -0.05) is 6.07 Å². The molecule has 0 spiro atoms. The number of carbonyl (C=O) groups is 1. The Morgan fingerprint density at radius 1 is 1.08 bits per heavy atom.